The molecular formula is C11H24N2O. The molecule has 2 unspecified atom stereocenters. The molecule has 0 aromatic rings. The molecule has 3 nitrogen and oxygen atoms in total. The van der Waals surface area contributed by atoms with Crippen molar-refractivity contribution in [1.82, 2.24) is 5.32 Å². The number of carbonyl (C=O) groups excluding carboxylic acids is 1. The van der Waals surface area contributed by atoms with Gasteiger partial charge in [0.25, 0.3) is 0 Å². The summed E-state index contributed by atoms with van der Waals surface area (Å²) in [5.74, 6) is 0.572. The zero-order valence-electron chi connectivity index (χ0n) is 9.89. The number of nitrogens with two attached hydrogens (primary N) is 1. The minimum atomic E-state index is -0.232. The second kappa shape index (κ2) is 6.02. The molecule has 0 bridgehead atoms. The number of nitrogens with one attached hydrogen (secondary N) is 1. The Morgan fingerprint density at radius 1 is 1.50 bits per heavy atom. The normalized spacial score (nSPS) is 17.2. The van der Waals surface area contributed by atoms with Crippen LogP contribution in [-0.2, 0) is 4.79 Å². The lowest BCUT2D eigenvalue weighted by Crippen LogP contribution is -2.51. The maximum absolute atomic E-state index is 11.6. The number of hydrogen-bond acceptors (Lipinski definition) is 2. The topological polar surface area (TPSA) is 55.1 Å². The molecule has 0 saturated carbocycles. The highest BCUT2D eigenvalue weighted by Gasteiger charge is 2.22. The van der Waals surface area contributed by atoms with Gasteiger partial charge in [-0.25, -0.2) is 0 Å². The Balaban J connectivity index is 4.04. The van der Waals surface area contributed by atoms with Gasteiger partial charge in [0.2, 0.25) is 5.91 Å². The van der Waals surface area contributed by atoms with Crippen LogP contribution in [0.5, 0.6) is 0 Å². The van der Waals surface area contributed by atoms with E-state index in [1.807, 2.05) is 13.8 Å². The van der Waals surface area contributed by atoms with Crippen LogP contribution < -0.4 is 11.1 Å². The van der Waals surface area contributed by atoms with E-state index >= 15 is 0 Å². The van der Waals surface area contributed by atoms with Crippen LogP contribution in [0, 0.1) is 5.92 Å². The number of amides is 1. The summed E-state index contributed by atoms with van der Waals surface area (Å²) >= 11 is 0. The number of rotatable bonds is 6. The predicted octanol–water partition coefficient (Wildman–Crippen LogP) is 1.67. The molecule has 0 aliphatic carbocycles. The van der Waals surface area contributed by atoms with Crippen LogP contribution in [0.25, 0.3) is 0 Å². The van der Waals surface area contributed by atoms with Crippen molar-refractivity contribution >= 4 is 5.91 Å². The molecule has 0 rings (SSSR count). The van der Waals surface area contributed by atoms with E-state index in [0.29, 0.717) is 18.9 Å². The highest BCUT2D eigenvalue weighted by molar-refractivity contribution is 5.77. The van der Waals surface area contributed by atoms with E-state index < -0.39 is 0 Å². The Bertz CT molecular complexity index is 176. The van der Waals surface area contributed by atoms with Gasteiger partial charge in [-0.05, 0) is 19.3 Å². The van der Waals surface area contributed by atoms with Gasteiger partial charge in [0, 0.05) is 18.5 Å². The minimum Gasteiger partial charge on any atom is -0.350 e. The zero-order chi connectivity index (χ0) is 11.2. The Labute approximate surface area is 87.4 Å². The number of carbonyl (C=O) groups is 1. The molecule has 0 radical (unpaired) electrons. The van der Waals surface area contributed by atoms with Gasteiger partial charge in [-0.3, -0.25) is 4.79 Å². The summed E-state index contributed by atoms with van der Waals surface area (Å²) in [4.78, 5) is 11.6. The quantitative estimate of drug-likeness (QED) is 0.685. The summed E-state index contributed by atoms with van der Waals surface area (Å²) in [5.41, 5.74) is 5.38. The molecule has 14 heavy (non-hydrogen) atoms. The standard InChI is InChI=1S/C11H24N2O/c1-5-9(3)7-10(14)13-11(4,6-2)8-12/h9H,5-8,12H2,1-4H3,(H,13,14). The number of hydrogen-bond donors (Lipinski definition) is 2. The second-order valence-electron chi connectivity index (χ2n) is 4.38. The lowest BCUT2D eigenvalue weighted by atomic mass is 9.97. The van der Waals surface area contributed by atoms with Gasteiger partial charge in [0.05, 0.1) is 0 Å². The summed E-state index contributed by atoms with van der Waals surface area (Å²) in [6.45, 7) is 8.71. The highest BCUT2D eigenvalue weighted by atomic mass is 16.1. The molecule has 84 valence electrons. The maximum Gasteiger partial charge on any atom is 0.220 e. The Hall–Kier alpha value is -0.570. The van der Waals surface area contributed by atoms with Crippen LogP contribution >= 0.6 is 0 Å². The minimum absolute atomic E-state index is 0.120. The van der Waals surface area contributed by atoms with Gasteiger partial charge in [0.1, 0.15) is 0 Å². The van der Waals surface area contributed by atoms with Crippen LogP contribution in [0.15, 0.2) is 0 Å². The maximum atomic E-state index is 11.6. The molecular weight excluding hydrogens is 176 g/mol. The fourth-order valence-electron chi connectivity index (χ4n) is 1.13. The Kier molecular flexibility index (Phi) is 5.77. The van der Waals surface area contributed by atoms with Crippen LogP contribution in [0.1, 0.15) is 47.0 Å². The van der Waals surface area contributed by atoms with Crippen molar-refractivity contribution in [2.24, 2.45) is 11.7 Å². The molecule has 0 aromatic carbocycles. The fourth-order valence-corrected chi connectivity index (χ4v) is 1.13. The van der Waals surface area contributed by atoms with Gasteiger partial charge in [0.15, 0.2) is 0 Å². The van der Waals surface area contributed by atoms with Crippen LogP contribution in [0.4, 0.5) is 0 Å². The smallest absolute Gasteiger partial charge is 0.220 e. The van der Waals surface area contributed by atoms with Crippen LogP contribution in [0.3, 0.4) is 0 Å². The molecule has 0 aliphatic heterocycles. The SMILES string of the molecule is CCC(C)CC(=O)NC(C)(CC)CN. The third kappa shape index (κ3) is 4.61. The Morgan fingerprint density at radius 2 is 2.07 bits per heavy atom. The first-order valence-electron chi connectivity index (χ1n) is 5.48. The predicted molar refractivity (Wildman–Crippen MR) is 60.0 cm³/mol. The molecule has 0 fully saturated rings. The van der Waals surface area contributed by atoms with Gasteiger partial charge in [-0.15, -0.1) is 0 Å². The third-order valence-electron chi connectivity index (χ3n) is 2.90. The zero-order valence-corrected chi connectivity index (χ0v) is 9.89. The van der Waals surface area contributed by atoms with Gasteiger partial charge < -0.3 is 11.1 Å². The molecule has 0 aromatic heterocycles. The summed E-state index contributed by atoms with van der Waals surface area (Å²) in [6.07, 6.45) is 2.51. The lowest BCUT2D eigenvalue weighted by Gasteiger charge is -2.28. The first-order chi connectivity index (χ1) is 6.47. The van der Waals surface area contributed by atoms with Crippen molar-refractivity contribution < 1.29 is 4.79 Å². The molecule has 0 aliphatic rings. The van der Waals surface area contributed by atoms with Crippen molar-refractivity contribution in [1.29, 1.82) is 0 Å². The lowest BCUT2D eigenvalue weighted by molar-refractivity contribution is -0.123. The van der Waals surface area contributed by atoms with E-state index in [0.717, 1.165) is 12.8 Å². The molecule has 0 heterocycles. The van der Waals surface area contributed by atoms with Crippen LogP contribution in [0.2, 0.25) is 0 Å². The van der Waals surface area contributed by atoms with Crippen molar-refractivity contribution in [2.45, 2.75) is 52.5 Å². The van der Waals surface area contributed by atoms with E-state index in [1.54, 1.807) is 0 Å². The van der Waals surface area contributed by atoms with Gasteiger partial charge in [-0.1, -0.05) is 27.2 Å². The monoisotopic (exact) mass is 200 g/mol. The van der Waals surface area contributed by atoms with Gasteiger partial charge >= 0.3 is 0 Å². The summed E-state index contributed by atoms with van der Waals surface area (Å²) in [7, 11) is 0. The van der Waals surface area contributed by atoms with Crippen molar-refractivity contribution in [3.05, 3.63) is 0 Å². The molecule has 1 amide bonds. The molecule has 3 heteroatoms. The van der Waals surface area contributed by atoms with Crippen molar-refractivity contribution in [2.75, 3.05) is 6.54 Å². The Morgan fingerprint density at radius 3 is 2.43 bits per heavy atom. The van der Waals surface area contributed by atoms with Crippen LogP contribution in [-0.4, -0.2) is 18.0 Å². The molecule has 2 atom stereocenters. The van der Waals surface area contributed by atoms with Crippen molar-refractivity contribution in [3.63, 3.8) is 0 Å². The van der Waals surface area contributed by atoms with Crippen molar-refractivity contribution in [3.8, 4) is 0 Å². The largest absolute Gasteiger partial charge is 0.350 e. The fraction of sp³-hybridized carbons (Fsp3) is 0.909. The first kappa shape index (κ1) is 13.4. The average Bonchev–Trinajstić information content (AvgIpc) is 2.17. The molecule has 0 saturated heterocycles. The summed E-state index contributed by atoms with van der Waals surface area (Å²) < 4.78 is 0. The average molecular weight is 200 g/mol. The third-order valence-corrected chi connectivity index (χ3v) is 2.90. The van der Waals surface area contributed by atoms with E-state index in [2.05, 4.69) is 19.2 Å². The van der Waals surface area contributed by atoms with E-state index in [9.17, 15) is 4.79 Å². The first-order valence-corrected chi connectivity index (χ1v) is 5.48. The summed E-state index contributed by atoms with van der Waals surface area (Å²) in [5, 5.41) is 2.99. The van der Waals surface area contributed by atoms with E-state index in [1.165, 1.54) is 0 Å². The summed E-state index contributed by atoms with van der Waals surface area (Å²) in [6, 6.07) is 0. The second-order valence-corrected chi connectivity index (χ2v) is 4.38. The molecule has 0 spiro atoms. The van der Waals surface area contributed by atoms with E-state index in [4.69, 9.17) is 5.73 Å². The van der Waals surface area contributed by atoms with Gasteiger partial charge in [-0.2, -0.15) is 0 Å². The highest BCUT2D eigenvalue weighted by Crippen LogP contribution is 2.10. The van der Waals surface area contributed by atoms with E-state index in [-0.39, 0.29) is 11.4 Å². The molecule has 3 N–H and O–H groups in total.